The predicted octanol–water partition coefficient (Wildman–Crippen LogP) is 4.09. The average molecular weight is 358 g/mol. The average Bonchev–Trinajstić information content (AvgIpc) is 2.97. The van der Waals surface area contributed by atoms with Gasteiger partial charge in [0.2, 0.25) is 0 Å². The smallest absolute Gasteiger partial charge is 0.341 e. The molecule has 0 saturated carbocycles. The Morgan fingerprint density at radius 3 is 3.00 bits per heavy atom. The van der Waals surface area contributed by atoms with E-state index in [1.54, 1.807) is 18.3 Å². The Balaban J connectivity index is 1.92. The van der Waals surface area contributed by atoms with E-state index in [9.17, 15) is 9.59 Å². The summed E-state index contributed by atoms with van der Waals surface area (Å²) in [5, 5.41) is 3.49. The van der Waals surface area contributed by atoms with Gasteiger partial charge in [0, 0.05) is 17.3 Å². The normalized spacial score (nSPS) is 16.2. The van der Waals surface area contributed by atoms with Crippen LogP contribution in [0.3, 0.4) is 0 Å². The van der Waals surface area contributed by atoms with Crippen molar-refractivity contribution in [2.45, 2.75) is 39.5 Å². The monoisotopic (exact) mass is 358 g/mol. The molecule has 0 aromatic carbocycles. The minimum Gasteiger partial charge on any atom is -0.462 e. The molecule has 3 rings (SSSR count). The van der Waals surface area contributed by atoms with E-state index in [2.05, 4.69) is 17.2 Å². The number of thiophene rings is 1. The maximum atomic E-state index is 12.6. The summed E-state index contributed by atoms with van der Waals surface area (Å²) in [6.07, 6.45) is 6.75. The van der Waals surface area contributed by atoms with Crippen molar-refractivity contribution in [2.24, 2.45) is 5.92 Å². The van der Waals surface area contributed by atoms with E-state index in [1.165, 1.54) is 22.4 Å². The zero-order chi connectivity index (χ0) is 17.8. The standard InChI is InChI=1S/C19H22N2O3S/c1-3-9-24-19(23)16-14-7-6-12(2)10-15(14)25-18(16)21-17(22)13-5-4-8-20-11-13/h4-5,8,11-12H,3,6-7,9-10H2,1-2H3,(H,21,22). The lowest BCUT2D eigenvalue weighted by atomic mass is 9.88. The van der Waals surface area contributed by atoms with Crippen LogP contribution < -0.4 is 5.32 Å². The van der Waals surface area contributed by atoms with Crippen LogP contribution in [0.2, 0.25) is 0 Å². The summed E-state index contributed by atoms with van der Waals surface area (Å²) in [6, 6.07) is 3.42. The summed E-state index contributed by atoms with van der Waals surface area (Å²) in [7, 11) is 0. The second-order valence-electron chi connectivity index (χ2n) is 6.39. The molecule has 25 heavy (non-hydrogen) atoms. The van der Waals surface area contributed by atoms with Crippen LogP contribution in [0.25, 0.3) is 0 Å². The van der Waals surface area contributed by atoms with E-state index in [0.29, 0.717) is 28.7 Å². The Morgan fingerprint density at radius 1 is 1.44 bits per heavy atom. The summed E-state index contributed by atoms with van der Waals surface area (Å²) in [5.74, 6) is -0.00721. The maximum absolute atomic E-state index is 12.6. The number of nitrogens with one attached hydrogen (secondary N) is 1. The third-order valence-corrected chi connectivity index (χ3v) is 5.47. The zero-order valence-electron chi connectivity index (χ0n) is 14.5. The SMILES string of the molecule is CCCOC(=O)c1c(NC(=O)c2cccnc2)sc2c1CCC(C)C2. The third kappa shape index (κ3) is 3.90. The van der Waals surface area contributed by atoms with Crippen molar-refractivity contribution in [1.82, 2.24) is 4.98 Å². The zero-order valence-corrected chi connectivity index (χ0v) is 15.3. The van der Waals surface area contributed by atoms with Crippen LogP contribution in [0.15, 0.2) is 24.5 Å². The first-order chi connectivity index (χ1) is 12.1. The largest absolute Gasteiger partial charge is 0.462 e. The van der Waals surface area contributed by atoms with Crippen LogP contribution in [0.1, 0.15) is 57.8 Å². The second-order valence-corrected chi connectivity index (χ2v) is 7.49. The molecule has 1 aliphatic rings. The topological polar surface area (TPSA) is 68.3 Å². The molecule has 2 aromatic rings. The van der Waals surface area contributed by atoms with Gasteiger partial charge < -0.3 is 10.1 Å². The number of carbonyl (C=O) groups is 2. The van der Waals surface area contributed by atoms with Crippen molar-refractivity contribution in [2.75, 3.05) is 11.9 Å². The van der Waals surface area contributed by atoms with Crippen molar-refractivity contribution in [3.63, 3.8) is 0 Å². The second kappa shape index (κ2) is 7.78. The van der Waals surface area contributed by atoms with Crippen LogP contribution >= 0.6 is 11.3 Å². The summed E-state index contributed by atoms with van der Waals surface area (Å²) in [6.45, 7) is 4.56. The van der Waals surface area contributed by atoms with Gasteiger partial charge in [-0.05, 0) is 49.3 Å². The minimum atomic E-state index is -0.338. The van der Waals surface area contributed by atoms with Gasteiger partial charge in [0.25, 0.3) is 5.91 Å². The van der Waals surface area contributed by atoms with Gasteiger partial charge >= 0.3 is 5.97 Å². The van der Waals surface area contributed by atoms with E-state index in [1.807, 2.05) is 6.92 Å². The van der Waals surface area contributed by atoms with Crippen molar-refractivity contribution in [3.05, 3.63) is 46.1 Å². The molecular weight excluding hydrogens is 336 g/mol. The van der Waals surface area contributed by atoms with Gasteiger partial charge in [0.1, 0.15) is 5.00 Å². The lowest BCUT2D eigenvalue weighted by Gasteiger charge is -2.18. The van der Waals surface area contributed by atoms with Crippen molar-refractivity contribution >= 4 is 28.2 Å². The summed E-state index contributed by atoms with van der Waals surface area (Å²) in [5.41, 5.74) is 2.05. The van der Waals surface area contributed by atoms with Gasteiger partial charge in [-0.15, -0.1) is 11.3 Å². The number of amides is 1. The molecule has 1 unspecified atom stereocenters. The molecule has 2 aromatic heterocycles. The highest BCUT2D eigenvalue weighted by Crippen LogP contribution is 2.40. The van der Waals surface area contributed by atoms with Crippen molar-refractivity contribution in [1.29, 1.82) is 0 Å². The number of hydrogen-bond donors (Lipinski definition) is 1. The van der Waals surface area contributed by atoms with Crippen LogP contribution in [0.4, 0.5) is 5.00 Å². The molecule has 1 atom stereocenters. The Labute approximate surface area is 151 Å². The number of pyridine rings is 1. The van der Waals surface area contributed by atoms with Crippen LogP contribution in [-0.2, 0) is 17.6 Å². The molecule has 0 fully saturated rings. The number of nitrogens with zero attached hydrogens (tertiary/aromatic N) is 1. The fourth-order valence-electron chi connectivity index (χ4n) is 2.99. The number of fused-ring (bicyclic) bond motifs is 1. The van der Waals surface area contributed by atoms with Gasteiger partial charge in [-0.1, -0.05) is 13.8 Å². The van der Waals surface area contributed by atoms with Gasteiger partial charge in [0.15, 0.2) is 0 Å². The quantitative estimate of drug-likeness (QED) is 0.818. The highest BCUT2D eigenvalue weighted by atomic mass is 32.1. The Hall–Kier alpha value is -2.21. The maximum Gasteiger partial charge on any atom is 0.341 e. The molecule has 0 aliphatic heterocycles. The van der Waals surface area contributed by atoms with E-state index >= 15 is 0 Å². The first kappa shape index (κ1) is 17.6. The molecule has 0 bridgehead atoms. The van der Waals surface area contributed by atoms with Gasteiger partial charge in [-0.3, -0.25) is 9.78 Å². The summed E-state index contributed by atoms with van der Waals surface area (Å²) < 4.78 is 5.36. The fourth-order valence-corrected chi connectivity index (χ4v) is 4.39. The van der Waals surface area contributed by atoms with Crippen LogP contribution in [0.5, 0.6) is 0 Å². The number of anilines is 1. The molecule has 0 spiro atoms. The molecule has 1 amide bonds. The summed E-state index contributed by atoms with van der Waals surface area (Å²) >= 11 is 1.50. The highest BCUT2D eigenvalue weighted by molar-refractivity contribution is 7.17. The van der Waals surface area contributed by atoms with Crippen LogP contribution in [0, 0.1) is 5.92 Å². The Bertz CT molecular complexity index is 770. The number of esters is 1. The molecule has 2 heterocycles. The van der Waals surface area contributed by atoms with Gasteiger partial charge in [-0.25, -0.2) is 4.79 Å². The number of aromatic nitrogens is 1. The first-order valence-corrected chi connectivity index (χ1v) is 9.44. The highest BCUT2D eigenvalue weighted by Gasteiger charge is 2.29. The molecule has 1 N–H and O–H groups in total. The van der Waals surface area contributed by atoms with Crippen molar-refractivity contribution < 1.29 is 14.3 Å². The first-order valence-electron chi connectivity index (χ1n) is 8.63. The lowest BCUT2D eigenvalue weighted by Crippen LogP contribution is -2.17. The van der Waals surface area contributed by atoms with E-state index in [0.717, 1.165) is 31.2 Å². The molecule has 0 saturated heterocycles. The molecule has 1 aliphatic carbocycles. The minimum absolute atomic E-state index is 0.260. The van der Waals surface area contributed by atoms with Gasteiger partial charge in [-0.2, -0.15) is 0 Å². The van der Waals surface area contributed by atoms with E-state index in [4.69, 9.17) is 4.74 Å². The van der Waals surface area contributed by atoms with Gasteiger partial charge in [0.05, 0.1) is 17.7 Å². The number of carbonyl (C=O) groups excluding carboxylic acids is 2. The molecule has 5 nitrogen and oxygen atoms in total. The molecule has 0 radical (unpaired) electrons. The predicted molar refractivity (Wildman–Crippen MR) is 98.3 cm³/mol. The molecular formula is C19H22N2O3S. The lowest BCUT2D eigenvalue weighted by molar-refractivity contribution is 0.0505. The molecule has 132 valence electrons. The number of ether oxygens (including phenoxy) is 1. The summed E-state index contributed by atoms with van der Waals surface area (Å²) in [4.78, 5) is 30.2. The Kier molecular flexibility index (Phi) is 5.48. The number of rotatable bonds is 5. The van der Waals surface area contributed by atoms with Crippen molar-refractivity contribution in [3.8, 4) is 0 Å². The van der Waals surface area contributed by atoms with E-state index in [-0.39, 0.29) is 11.9 Å². The number of hydrogen-bond acceptors (Lipinski definition) is 5. The van der Waals surface area contributed by atoms with Crippen LogP contribution in [-0.4, -0.2) is 23.5 Å². The third-order valence-electron chi connectivity index (χ3n) is 4.30. The van der Waals surface area contributed by atoms with E-state index < -0.39 is 0 Å². The molecule has 6 heteroatoms. The fraction of sp³-hybridized carbons (Fsp3) is 0.421. The Morgan fingerprint density at radius 2 is 2.28 bits per heavy atom.